The van der Waals surface area contributed by atoms with Gasteiger partial charge in [0.2, 0.25) is 0 Å². The van der Waals surface area contributed by atoms with Crippen LogP contribution >= 0.6 is 12.2 Å². The monoisotopic (exact) mass is 303 g/mol. The molecule has 0 aromatic heterocycles. The Bertz CT molecular complexity index is 690. The number of hydrogen-bond donors (Lipinski definition) is 1. The van der Waals surface area contributed by atoms with Crippen LogP contribution < -0.4 is 15.2 Å². The summed E-state index contributed by atoms with van der Waals surface area (Å²) in [5.74, 6) is 1.16. The summed E-state index contributed by atoms with van der Waals surface area (Å²) < 4.78 is 24.6. The molecule has 0 bridgehead atoms. The van der Waals surface area contributed by atoms with Gasteiger partial charge in [0.1, 0.15) is 35.0 Å². The summed E-state index contributed by atoms with van der Waals surface area (Å²) in [7, 11) is 0. The number of halogens is 1. The van der Waals surface area contributed by atoms with Gasteiger partial charge in [-0.3, -0.25) is 0 Å². The molecular formula is C16H14FNO2S. The molecule has 21 heavy (non-hydrogen) atoms. The van der Waals surface area contributed by atoms with Crippen molar-refractivity contribution in [2.75, 3.05) is 6.61 Å². The van der Waals surface area contributed by atoms with Crippen molar-refractivity contribution in [3.63, 3.8) is 0 Å². The van der Waals surface area contributed by atoms with Crippen molar-refractivity contribution in [3.8, 4) is 11.5 Å². The highest BCUT2D eigenvalue weighted by Gasteiger charge is 2.23. The minimum absolute atomic E-state index is 0.115. The van der Waals surface area contributed by atoms with E-state index < -0.39 is 0 Å². The Morgan fingerprint density at radius 1 is 1.33 bits per heavy atom. The Kier molecular flexibility index (Phi) is 3.75. The smallest absolute Gasteiger partial charge is 0.137 e. The average molecular weight is 303 g/mol. The number of rotatable bonds is 4. The topological polar surface area (TPSA) is 44.5 Å². The molecule has 0 radical (unpaired) electrons. The highest BCUT2D eigenvalue weighted by Crippen LogP contribution is 2.29. The van der Waals surface area contributed by atoms with Crippen LogP contribution in [0.3, 0.4) is 0 Å². The predicted octanol–water partition coefficient (Wildman–Crippen LogP) is 2.84. The number of nitrogens with two attached hydrogens (primary N) is 1. The van der Waals surface area contributed by atoms with Crippen LogP contribution in [0, 0.1) is 5.82 Å². The molecule has 0 aliphatic carbocycles. The van der Waals surface area contributed by atoms with Gasteiger partial charge in [0.05, 0.1) is 0 Å². The molecule has 1 aliphatic heterocycles. The summed E-state index contributed by atoms with van der Waals surface area (Å²) in [6.07, 6.45) is 0.525. The van der Waals surface area contributed by atoms with Crippen LogP contribution in [0.2, 0.25) is 0 Å². The van der Waals surface area contributed by atoms with Crippen LogP contribution in [0.15, 0.2) is 42.5 Å². The molecule has 0 saturated heterocycles. The van der Waals surface area contributed by atoms with Gasteiger partial charge >= 0.3 is 0 Å². The van der Waals surface area contributed by atoms with Gasteiger partial charge < -0.3 is 15.2 Å². The van der Waals surface area contributed by atoms with Gasteiger partial charge in [-0.25, -0.2) is 4.39 Å². The zero-order valence-electron chi connectivity index (χ0n) is 11.2. The van der Waals surface area contributed by atoms with Gasteiger partial charge in [-0.1, -0.05) is 24.4 Å². The predicted molar refractivity (Wildman–Crippen MR) is 82.3 cm³/mol. The second-order valence-electron chi connectivity index (χ2n) is 4.90. The second kappa shape index (κ2) is 5.69. The molecule has 2 aromatic rings. The lowest BCUT2D eigenvalue weighted by molar-refractivity contribution is 0.148. The number of hydrogen-bond acceptors (Lipinski definition) is 3. The molecule has 0 amide bonds. The third-order valence-corrected chi connectivity index (χ3v) is 3.55. The molecular weight excluding hydrogens is 289 g/mol. The zero-order valence-corrected chi connectivity index (χ0v) is 12.0. The van der Waals surface area contributed by atoms with Crippen LogP contribution in [0.1, 0.15) is 11.1 Å². The van der Waals surface area contributed by atoms with E-state index in [1.807, 2.05) is 18.2 Å². The van der Waals surface area contributed by atoms with E-state index in [-0.39, 0.29) is 11.9 Å². The van der Waals surface area contributed by atoms with Crippen LogP contribution in [0.4, 0.5) is 4.39 Å². The highest BCUT2D eigenvalue weighted by molar-refractivity contribution is 7.80. The highest BCUT2D eigenvalue weighted by atomic mass is 32.1. The zero-order chi connectivity index (χ0) is 14.8. The van der Waals surface area contributed by atoms with E-state index in [1.165, 1.54) is 12.1 Å². The molecule has 0 spiro atoms. The first-order valence-electron chi connectivity index (χ1n) is 6.59. The summed E-state index contributed by atoms with van der Waals surface area (Å²) in [5, 5.41) is 0. The van der Waals surface area contributed by atoms with E-state index in [0.29, 0.717) is 23.8 Å². The van der Waals surface area contributed by atoms with Gasteiger partial charge in [-0.2, -0.15) is 0 Å². The van der Waals surface area contributed by atoms with Crippen molar-refractivity contribution in [3.05, 3.63) is 59.4 Å². The number of benzene rings is 2. The van der Waals surface area contributed by atoms with Gasteiger partial charge in [0.15, 0.2) is 0 Å². The standard InChI is InChI=1S/C16H14FNO2S/c17-12-4-5-15-11(6-12)8-14(20-15)9-19-13-3-1-2-10(7-13)16(18)21/h1-7,14H,8-9H2,(H2,18,21). The SMILES string of the molecule is NC(=S)c1cccc(OCC2Cc3cc(F)ccc3O2)c1. The lowest BCUT2D eigenvalue weighted by atomic mass is 10.1. The number of ether oxygens (including phenoxy) is 2. The molecule has 3 nitrogen and oxygen atoms in total. The lowest BCUT2D eigenvalue weighted by Crippen LogP contribution is -2.22. The molecule has 2 N–H and O–H groups in total. The fourth-order valence-electron chi connectivity index (χ4n) is 2.31. The lowest BCUT2D eigenvalue weighted by Gasteiger charge is -2.13. The summed E-state index contributed by atoms with van der Waals surface area (Å²) in [4.78, 5) is 0.334. The maximum Gasteiger partial charge on any atom is 0.137 e. The molecule has 108 valence electrons. The Labute approximate surface area is 127 Å². The van der Waals surface area contributed by atoms with Crippen LogP contribution in [-0.4, -0.2) is 17.7 Å². The minimum atomic E-state index is -0.247. The fourth-order valence-corrected chi connectivity index (χ4v) is 2.44. The van der Waals surface area contributed by atoms with Gasteiger partial charge in [0.25, 0.3) is 0 Å². The first-order chi connectivity index (χ1) is 10.1. The van der Waals surface area contributed by atoms with Crippen molar-refractivity contribution in [1.29, 1.82) is 0 Å². The molecule has 1 atom stereocenters. The molecule has 1 heterocycles. The van der Waals surface area contributed by atoms with Gasteiger partial charge in [-0.05, 0) is 30.3 Å². The molecule has 5 heteroatoms. The van der Waals surface area contributed by atoms with Crippen molar-refractivity contribution in [2.45, 2.75) is 12.5 Å². The Balaban J connectivity index is 1.62. The van der Waals surface area contributed by atoms with E-state index in [1.54, 1.807) is 12.1 Å². The quantitative estimate of drug-likeness (QED) is 0.882. The maximum absolute atomic E-state index is 13.1. The summed E-state index contributed by atoms with van der Waals surface area (Å²) >= 11 is 4.93. The Morgan fingerprint density at radius 3 is 3.00 bits per heavy atom. The van der Waals surface area contributed by atoms with E-state index in [0.717, 1.165) is 16.9 Å². The molecule has 3 rings (SSSR count). The van der Waals surface area contributed by atoms with E-state index in [4.69, 9.17) is 27.4 Å². The average Bonchev–Trinajstić information content (AvgIpc) is 2.87. The summed E-state index contributed by atoms with van der Waals surface area (Å²) in [6, 6.07) is 11.9. The minimum Gasteiger partial charge on any atom is -0.490 e. The van der Waals surface area contributed by atoms with E-state index >= 15 is 0 Å². The Morgan fingerprint density at radius 2 is 2.19 bits per heavy atom. The van der Waals surface area contributed by atoms with Crippen molar-refractivity contribution < 1.29 is 13.9 Å². The van der Waals surface area contributed by atoms with Gasteiger partial charge in [-0.15, -0.1) is 0 Å². The molecule has 2 aromatic carbocycles. The van der Waals surface area contributed by atoms with Crippen LogP contribution in [0.5, 0.6) is 11.5 Å². The van der Waals surface area contributed by atoms with Gasteiger partial charge in [0, 0.05) is 17.5 Å². The van der Waals surface area contributed by atoms with Crippen molar-refractivity contribution >= 4 is 17.2 Å². The number of thiocarbonyl (C=S) groups is 1. The second-order valence-corrected chi connectivity index (χ2v) is 5.34. The fraction of sp³-hybridized carbons (Fsp3) is 0.188. The first-order valence-corrected chi connectivity index (χ1v) is 7.00. The van der Waals surface area contributed by atoms with Crippen LogP contribution in [-0.2, 0) is 6.42 Å². The third kappa shape index (κ3) is 3.13. The summed E-state index contributed by atoms with van der Waals surface area (Å²) in [5.41, 5.74) is 7.23. The largest absolute Gasteiger partial charge is 0.490 e. The van der Waals surface area contributed by atoms with E-state index in [9.17, 15) is 4.39 Å². The van der Waals surface area contributed by atoms with Crippen LogP contribution in [0.25, 0.3) is 0 Å². The number of fused-ring (bicyclic) bond motifs is 1. The first kappa shape index (κ1) is 13.8. The summed E-state index contributed by atoms with van der Waals surface area (Å²) in [6.45, 7) is 0.386. The molecule has 1 aliphatic rings. The molecule has 0 saturated carbocycles. The maximum atomic E-state index is 13.1. The molecule has 1 unspecified atom stereocenters. The normalized spacial score (nSPS) is 16.1. The van der Waals surface area contributed by atoms with E-state index in [2.05, 4.69) is 0 Å². The third-order valence-electron chi connectivity index (χ3n) is 3.32. The Hall–Kier alpha value is -2.14. The molecule has 0 fully saturated rings. The van der Waals surface area contributed by atoms with Crippen molar-refractivity contribution in [1.82, 2.24) is 0 Å². The van der Waals surface area contributed by atoms with Crippen molar-refractivity contribution in [2.24, 2.45) is 5.73 Å².